The summed E-state index contributed by atoms with van der Waals surface area (Å²) in [5, 5.41) is 8.92. The third kappa shape index (κ3) is 1.83. The molecular weight excluding hydrogens is 168 g/mol. The molecule has 1 aromatic heterocycles. The van der Waals surface area contributed by atoms with E-state index in [9.17, 15) is 4.79 Å². The highest BCUT2D eigenvalue weighted by Crippen LogP contribution is 2.17. The first-order valence-corrected chi connectivity index (χ1v) is 4.08. The van der Waals surface area contributed by atoms with Gasteiger partial charge in [-0.1, -0.05) is 13.8 Å². The Bertz CT molecular complexity index is 334. The number of aromatic carboxylic acids is 1. The molecule has 1 N–H and O–H groups in total. The maximum Gasteiger partial charge on any atom is 0.339 e. The highest BCUT2D eigenvalue weighted by atomic mass is 16.4. The molecule has 0 unspecified atom stereocenters. The van der Waals surface area contributed by atoms with Crippen LogP contribution < -0.4 is 0 Å². The normalized spacial score (nSPS) is 10.5. The summed E-state index contributed by atoms with van der Waals surface area (Å²) in [4.78, 5) is 18.7. The van der Waals surface area contributed by atoms with E-state index in [-0.39, 0.29) is 11.5 Å². The highest BCUT2D eigenvalue weighted by Gasteiger charge is 2.17. The van der Waals surface area contributed by atoms with Crippen LogP contribution in [0.2, 0.25) is 0 Å². The molecule has 1 heterocycles. The van der Waals surface area contributed by atoms with Crippen molar-refractivity contribution in [2.75, 3.05) is 0 Å². The van der Waals surface area contributed by atoms with Crippen LogP contribution in [0, 0.1) is 6.92 Å². The molecule has 0 aliphatic rings. The average molecular weight is 180 g/mol. The zero-order valence-corrected chi connectivity index (χ0v) is 7.90. The Morgan fingerprint density at radius 2 is 2.08 bits per heavy atom. The Kier molecular flexibility index (Phi) is 2.60. The molecule has 4 heteroatoms. The number of hydrogen-bond acceptors (Lipinski definition) is 3. The summed E-state index contributed by atoms with van der Waals surface area (Å²) in [6.07, 6.45) is 1.40. The number of carboxylic acid groups (broad SMARTS) is 1. The molecule has 0 bridgehead atoms. The minimum absolute atomic E-state index is 0.104. The van der Waals surface area contributed by atoms with Crippen molar-refractivity contribution in [3.05, 3.63) is 23.3 Å². The molecule has 13 heavy (non-hydrogen) atoms. The third-order valence-corrected chi connectivity index (χ3v) is 1.83. The van der Waals surface area contributed by atoms with E-state index in [1.165, 1.54) is 6.33 Å². The van der Waals surface area contributed by atoms with Crippen LogP contribution in [0.5, 0.6) is 0 Å². The van der Waals surface area contributed by atoms with Gasteiger partial charge in [0.25, 0.3) is 0 Å². The summed E-state index contributed by atoms with van der Waals surface area (Å²) in [5.41, 5.74) is 1.35. The van der Waals surface area contributed by atoms with Gasteiger partial charge >= 0.3 is 5.97 Å². The molecule has 70 valence electrons. The number of hydrogen-bond donors (Lipinski definition) is 1. The number of rotatable bonds is 2. The van der Waals surface area contributed by atoms with E-state index in [2.05, 4.69) is 9.97 Å². The maximum absolute atomic E-state index is 10.9. The molecule has 0 atom stereocenters. The molecule has 1 aromatic rings. The van der Waals surface area contributed by atoms with Crippen molar-refractivity contribution < 1.29 is 9.90 Å². The van der Waals surface area contributed by atoms with Crippen molar-refractivity contribution in [2.24, 2.45) is 0 Å². The van der Waals surface area contributed by atoms with Crippen molar-refractivity contribution in [3.63, 3.8) is 0 Å². The lowest BCUT2D eigenvalue weighted by atomic mass is 10.0. The SMILES string of the molecule is Cc1ncnc(C(C)C)c1C(=O)O. The second-order valence-electron chi connectivity index (χ2n) is 3.18. The van der Waals surface area contributed by atoms with Crippen molar-refractivity contribution in [3.8, 4) is 0 Å². The van der Waals surface area contributed by atoms with Crippen LogP contribution in [0.25, 0.3) is 0 Å². The van der Waals surface area contributed by atoms with Gasteiger partial charge in [-0.15, -0.1) is 0 Å². The first-order chi connectivity index (χ1) is 6.04. The molecule has 4 nitrogen and oxygen atoms in total. The summed E-state index contributed by atoms with van der Waals surface area (Å²) in [6.45, 7) is 5.50. The minimum atomic E-state index is -0.957. The smallest absolute Gasteiger partial charge is 0.339 e. The van der Waals surface area contributed by atoms with Crippen molar-refractivity contribution in [1.82, 2.24) is 9.97 Å². The molecule has 0 saturated carbocycles. The Balaban J connectivity index is 3.34. The fraction of sp³-hybridized carbons (Fsp3) is 0.444. The van der Waals surface area contributed by atoms with Gasteiger partial charge in [0.05, 0.1) is 11.4 Å². The second kappa shape index (κ2) is 3.51. The van der Waals surface area contributed by atoms with Crippen LogP contribution in [0.1, 0.15) is 41.5 Å². The van der Waals surface area contributed by atoms with Gasteiger partial charge in [-0.2, -0.15) is 0 Å². The topological polar surface area (TPSA) is 63.1 Å². The van der Waals surface area contributed by atoms with Gasteiger partial charge in [0.15, 0.2) is 0 Å². The van der Waals surface area contributed by atoms with Gasteiger partial charge in [0.1, 0.15) is 11.9 Å². The third-order valence-electron chi connectivity index (χ3n) is 1.83. The molecule has 0 radical (unpaired) electrons. The fourth-order valence-electron chi connectivity index (χ4n) is 1.19. The second-order valence-corrected chi connectivity index (χ2v) is 3.18. The van der Waals surface area contributed by atoms with E-state index < -0.39 is 5.97 Å². The molecular formula is C9H12N2O2. The predicted molar refractivity (Wildman–Crippen MR) is 47.8 cm³/mol. The van der Waals surface area contributed by atoms with Crippen molar-refractivity contribution in [2.45, 2.75) is 26.7 Å². The Morgan fingerprint density at radius 3 is 2.46 bits per heavy atom. The monoisotopic (exact) mass is 180 g/mol. The predicted octanol–water partition coefficient (Wildman–Crippen LogP) is 1.61. The van der Waals surface area contributed by atoms with E-state index in [0.29, 0.717) is 11.4 Å². The average Bonchev–Trinajstić information content (AvgIpc) is 2.02. The van der Waals surface area contributed by atoms with E-state index in [1.54, 1.807) is 6.92 Å². The number of aryl methyl sites for hydroxylation is 1. The summed E-state index contributed by atoms with van der Waals surface area (Å²) in [6, 6.07) is 0. The molecule has 0 aromatic carbocycles. The minimum Gasteiger partial charge on any atom is -0.478 e. The highest BCUT2D eigenvalue weighted by molar-refractivity contribution is 5.90. The Morgan fingerprint density at radius 1 is 1.46 bits per heavy atom. The first kappa shape index (κ1) is 9.64. The molecule has 0 spiro atoms. The number of carboxylic acids is 1. The van der Waals surface area contributed by atoms with Gasteiger partial charge in [-0.25, -0.2) is 14.8 Å². The lowest BCUT2D eigenvalue weighted by Gasteiger charge is -2.08. The van der Waals surface area contributed by atoms with E-state index in [4.69, 9.17) is 5.11 Å². The quantitative estimate of drug-likeness (QED) is 0.750. The molecule has 1 rings (SSSR count). The van der Waals surface area contributed by atoms with E-state index >= 15 is 0 Å². The van der Waals surface area contributed by atoms with Crippen LogP contribution >= 0.6 is 0 Å². The zero-order valence-electron chi connectivity index (χ0n) is 7.90. The number of nitrogens with zero attached hydrogens (tertiary/aromatic N) is 2. The summed E-state index contributed by atoms with van der Waals surface area (Å²) in [5.74, 6) is -0.852. The number of carbonyl (C=O) groups is 1. The van der Waals surface area contributed by atoms with Crippen LogP contribution in [0.4, 0.5) is 0 Å². The molecule has 0 aliphatic carbocycles. The molecule has 0 saturated heterocycles. The van der Waals surface area contributed by atoms with Crippen molar-refractivity contribution in [1.29, 1.82) is 0 Å². The Labute approximate surface area is 76.7 Å². The fourth-order valence-corrected chi connectivity index (χ4v) is 1.19. The van der Waals surface area contributed by atoms with Crippen LogP contribution in [-0.4, -0.2) is 21.0 Å². The van der Waals surface area contributed by atoms with Crippen molar-refractivity contribution >= 4 is 5.97 Å². The number of aromatic nitrogens is 2. The van der Waals surface area contributed by atoms with E-state index in [1.807, 2.05) is 13.8 Å². The van der Waals surface area contributed by atoms with Gasteiger partial charge in [0.2, 0.25) is 0 Å². The van der Waals surface area contributed by atoms with Gasteiger partial charge < -0.3 is 5.11 Å². The lowest BCUT2D eigenvalue weighted by Crippen LogP contribution is -2.10. The summed E-state index contributed by atoms with van der Waals surface area (Å²) < 4.78 is 0. The standard InChI is InChI=1S/C9H12N2O2/c1-5(2)8-7(9(12)13)6(3)10-4-11-8/h4-5H,1-3H3,(H,12,13). The molecule has 0 aliphatic heterocycles. The summed E-state index contributed by atoms with van der Waals surface area (Å²) >= 11 is 0. The van der Waals surface area contributed by atoms with Crippen LogP contribution in [0.15, 0.2) is 6.33 Å². The molecule has 0 fully saturated rings. The van der Waals surface area contributed by atoms with Gasteiger partial charge in [-0.3, -0.25) is 0 Å². The largest absolute Gasteiger partial charge is 0.478 e. The lowest BCUT2D eigenvalue weighted by molar-refractivity contribution is 0.0693. The van der Waals surface area contributed by atoms with Crippen LogP contribution in [-0.2, 0) is 0 Å². The van der Waals surface area contributed by atoms with Crippen LogP contribution in [0.3, 0.4) is 0 Å². The summed E-state index contributed by atoms with van der Waals surface area (Å²) in [7, 11) is 0. The maximum atomic E-state index is 10.9. The Hall–Kier alpha value is -1.45. The first-order valence-electron chi connectivity index (χ1n) is 4.08. The zero-order chi connectivity index (χ0) is 10.0. The molecule has 0 amide bonds. The van der Waals surface area contributed by atoms with Gasteiger partial charge in [-0.05, 0) is 12.8 Å². The van der Waals surface area contributed by atoms with Gasteiger partial charge in [0, 0.05) is 0 Å². The van der Waals surface area contributed by atoms with E-state index in [0.717, 1.165) is 0 Å².